The fraction of sp³-hybridized carbons (Fsp3) is 0.536. The molecule has 0 aliphatic heterocycles. The number of carbonyl (C=O) groups is 1. The molecule has 0 aromatic heterocycles. The van der Waals surface area contributed by atoms with Crippen LogP contribution in [0.4, 0.5) is 4.79 Å². The molecule has 0 N–H and O–H groups in total. The molecular formula is C28H40O4S2. The summed E-state index contributed by atoms with van der Waals surface area (Å²) in [5.74, 6) is 0.976. The fourth-order valence-corrected chi connectivity index (χ4v) is 6.11. The molecule has 0 saturated carbocycles. The van der Waals surface area contributed by atoms with Crippen molar-refractivity contribution >= 4 is 26.3 Å². The Labute approximate surface area is 211 Å². The molecule has 34 heavy (non-hydrogen) atoms. The first-order valence-corrected chi connectivity index (χ1v) is 14.4. The standard InChI is InChI=1S/C28H40O4S2/c1-16(2)21-14-24(19(7)8)26(25(15-21)20(9)10)32-34(30,31)28(29)33-27-22(17(3)4)12-11-13-23(27)18(5)6/h11-20H,1-10H3. The molecule has 0 saturated heterocycles. The minimum Gasteiger partial charge on any atom is -0.376 e. The van der Waals surface area contributed by atoms with Crippen LogP contribution in [0.25, 0.3) is 0 Å². The van der Waals surface area contributed by atoms with Crippen molar-refractivity contribution in [1.29, 1.82) is 0 Å². The molecule has 0 unspecified atom stereocenters. The van der Waals surface area contributed by atoms with E-state index in [-0.39, 0.29) is 23.7 Å². The Morgan fingerprint density at radius 3 is 1.47 bits per heavy atom. The second-order valence-corrected chi connectivity index (χ2v) is 13.1. The van der Waals surface area contributed by atoms with Gasteiger partial charge < -0.3 is 4.18 Å². The third-order valence-electron chi connectivity index (χ3n) is 5.98. The van der Waals surface area contributed by atoms with E-state index in [4.69, 9.17) is 4.18 Å². The molecule has 0 aliphatic carbocycles. The van der Waals surface area contributed by atoms with Crippen molar-refractivity contribution in [2.75, 3.05) is 0 Å². The highest BCUT2D eigenvalue weighted by molar-refractivity contribution is 8.33. The topological polar surface area (TPSA) is 60.4 Å². The van der Waals surface area contributed by atoms with Gasteiger partial charge in [0.2, 0.25) is 0 Å². The van der Waals surface area contributed by atoms with Gasteiger partial charge in [-0.2, -0.15) is 8.42 Å². The van der Waals surface area contributed by atoms with Crippen LogP contribution in [-0.2, 0) is 10.1 Å². The van der Waals surface area contributed by atoms with Crippen LogP contribution in [0.3, 0.4) is 0 Å². The fourth-order valence-electron chi connectivity index (χ4n) is 3.86. The van der Waals surface area contributed by atoms with Gasteiger partial charge in [-0.05, 0) is 69.2 Å². The van der Waals surface area contributed by atoms with Crippen LogP contribution in [0.1, 0.15) is 127 Å². The van der Waals surface area contributed by atoms with Gasteiger partial charge in [-0.15, -0.1) is 0 Å². The monoisotopic (exact) mass is 504 g/mol. The summed E-state index contributed by atoms with van der Waals surface area (Å²) in [7, 11) is -4.52. The molecule has 6 heteroatoms. The van der Waals surface area contributed by atoms with Gasteiger partial charge in [0.15, 0.2) is 0 Å². The molecule has 0 spiro atoms. The molecule has 188 valence electrons. The predicted octanol–water partition coefficient (Wildman–Crippen LogP) is 8.92. The molecule has 2 aromatic rings. The minimum atomic E-state index is -4.52. The summed E-state index contributed by atoms with van der Waals surface area (Å²) >= 11 is 0.764. The first kappa shape index (κ1) is 28.4. The second-order valence-electron chi connectivity index (χ2n) is 10.5. The van der Waals surface area contributed by atoms with Gasteiger partial charge >= 0.3 is 14.6 Å². The van der Waals surface area contributed by atoms with Crippen molar-refractivity contribution in [3.8, 4) is 5.75 Å². The average molecular weight is 505 g/mol. The molecule has 0 aliphatic rings. The van der Waals surface area contributed by atoms with Crippen LogP contribution >= 0.6 is 11.8 Å². The zero-order valence-corrected chi connectivity index (χ0v) is 23.9. The number of carbonyl (C=O) groups excluding carboxylic acids is 1. The van der Waals surface area contributed by atoms with E-state index < -0.39 is 14.6 Å². The van der Waals surface area contributed by atoms with Crippen LogP contribution in [-0.4, -0.2) is 12.9 Å². The van der Waals surface area contributed by atoms with Crippen LogP contribution in [0.5, 0.6) is 5.75 Å². The van der Waals surface area contributed by atoms with Gasteiger partial charge in [-0.25, -0.2) is 0 Å². The van der Waals surface area contributed by atoms with Crippen molar-refractivity contribution in [1.82, 2.24) is 0 Å². The van der Waals surface area contributed by atoms with Crippen LogP contribution in [0.2, 0.25) is 0 Å². The van der Waals surface area contributed by atoms with Crippen molar-refractivity contribution in [2.24, 2.45) is 0 Å². The van der Waals surface area contributed by atoms with Gasteiger partial charge in [0.1, 0.15) is 5.75 Å². The third-order valence-corrected chi connectivity index (χ3v) is 8.48. The molecule has 0 amide bonds. The normalized spacial score (nSPS) is 12.4. The summed E-state index contributed by atoms with van der Waals surface area (Å²) < 4.78 is 31.2. The summed E-state index contributed by atoms with van der Waals surface area (Å²) in [6.07, 6.45) is 0. The summed E-state index contributed by atoms with van der Waals surface area (Å²) in [6.45, 7) is 20.4. The molecule has 2 rings (SSSR count). The lowest BCUT2D eigenvalue weighted by Crippen LogP contribution is -2.19. The van der Waals surface area contributed by atoms with Gasteiger partial charge in [-0.3, -0.25) is 4.79 Å². The highest BCUT2D eigenvalue weighted by Crippen LogP contribution is 2.41. The molecular weight excluding hydrogens is 464 g/mol. The van der Waals surface area contributed by atoms with Crippen LogP contribution in [0, 0.1) is 0 Å². The van der Waals surface area contributed by atoms with E-state index in [9.17, 15) is 13.2 Å². The molecule has 0 bridgehead atoms. The number of benzene rings is 2. The molecule has 2 aromatic carbocycles. The maximum absolute atomic E-state index is 13.2. The molecule has 0 fully saturated rings. The summed E-state index contributed by atoms with van der Waals surface area (Å²) in [5.41, 5.74) is 4.67. The summed E-state index contributed by atoms with van der Waals surface area (Å²) in [6, 6.07) is 9.89. The van der Waals surface area contributed by atoms with Crippen molar-refractivity contribution in [2.45, 2.75) is 104 Å². The van der Waals surface area contributed by atoms with E-state index in [0.29, 0.717) is 16.6 Å². The SMILES string of the molecule is CC(C)c1cc(C(C)C)c(OS(=O)(=O)C(=O)Sc2c(C(C)C)cccc2C(C)C)c(C(C)C)c1. The largest absolute Gasteiger partial charge is 0.384 e. The third kappa shape index (κ3) is 6.45. The first-order chi connectivity index (χ1) is 15.7. The van der Waals surface area contributed by atoms with E-state index in [1.807, 2.05) is 85.7 Å². The Morgan fingerprint density at radius 2 is 1.12 bits per heavy atom. The summed E-state index contributed by atoms with van der Waals surface area (Å²) in [4.78, 5) is 13.9. The maximum Gasteiger partial charge on any atom is 0.384 e. The second kappa shape index (κ2) is 11.3. The predicted molar refractivity (Wildman–Crippen MR) is 144 cm³/mol. The quantitative estimate of drug-likeness (QED) is 0.265. The smallest absolute Gasteiger partial charge is 0.376 e. The van der Waals surface area contributed by atoms with Crippen LogP contribution < -0.4 is 4.18 Å². The Kier molecular flexibility index (Phi) is 9.45. The van der Waals surface area contributed by atoms with Crippen molar-refractivity contribution < 1.29 is 17.4 Å². The Morgan fingerprint density at radius 1 is 0.706 bits per heavy atom. The van der Waals surface area contributed by atoms with Gasteiger partial charge in [0.05, 0.1) is 0 Å². The number of hydrogen-bond donors (Lipinski definition) is 0. The highest BCUT2D eigenvalue weighted by Gasteiger charge is 2.31. The van der Waals surface area contributed by atoms with E-state index in [1.54, 1.807) is 0 Å². The van der Waals surface area contributed by atoms with E-state index >= 15 is 0 Å². The van der Waals surface area contributed by atoms with E-state index in [1.165, 1.54) is 0 Å². The molecule has 4 nitrogen and oxygen atoms in total. The van der Waals surface area contributed by atoms with Crippen LogP contribution in [0.15, 0.2) is 35.2 Å². The number of rotatable bonds is 8. The van der Waals surface area contributed by atoms with Crippen molar-refractivity contribution in [3.05, 3.63) is 58.1 Å². The lowest BCUT2D eigenvalue weighted by Gasteiger charge is -2.22. The Bertz CT molecular complexity index is 1070. The first-order valence-electron chi connectivity index (χ1n) is 12.1. The van der Waals surface area contributed by atoms with E-state index in [2.05, 4.69) is 13.8 Å². The number of thioether (sulfide) groups is 1. The molecule has 0 atom stereocenters. The van der Waals surface area contributed by atoms with Gasteiger partial charge in [0.25, 0.3) is 0 Å². The summed E-state index contributed by atoms with van der Waals surface area (Å²) in [5, 5.41) is 0. The number of hydrogen-bond acceptors (Lipinski definition) is 5. The van der Waals surface area contributed by atoms with Gasteiger partial charge in [-0.1, -0.05) is 99.6 Å². The Balaban J connectivity index is 2.55. The molecule has 0 radical (unpaired) electrons. The lowest BCUT2D eigenvalue weighted by atomic mass is 9.88. The molecule has 0 heterocycles. The van der Waals surface area contributed by atoms with Crippen molar-refractivity contribution in [3.63, 3.8) is 0 Å². The highest BCUT2D eigenvalue weighted by atomic mass is 32.3. The Hall–Kier alpha value is -1.79. The van der Waals surface area contributed by atoms with E-state index in [0.717, 1.165) is 39.6 Å². The maximum atomic E-state index is 13.2. The zero-order valence-electron chi connectivity index (χ0n) is 22.2. The average Bonchev–Trinajstić information content (AvgIpc) is 2.72. The minimum absolute atomic E-state index is 0.0402. The zero-order chi connectivity index (χ0) is 26.0. The van der Waals surface area contributed by atoms with Gasteiger partial charge in [0, 0.05) is 4.90 Å². The lowest BCUT2D eigenvalue weighted by molar-refractivity contribution is 0.272.